The zero-order valence-electron chi connectivity index (χ0n) is 19.5. The molecule has 0 spiro atoms. The van der Waals surface area contributed by atoms with Gasteiger partial charge in [0.2, 0.25) is 5.91 Å². The van der Waals surface area contributed by atoms with Gasteiger partial charge >= 0.3 is 0 Å². The molecule has 2 heterocycles. The second-order valence-electron chi connectivity index (χ2n) is 9.76. The van der Waals surface area contributed by atoms with E-state index in [9.17, 15) is 9.00 Å². The highest BCUT2D eigenvalue weighted by Crippen LogP contribution is 2.47. The summed E-state index contributed by atoms with van der Waals surface area (Å²) < 4.78 is 23.3. The van der Waals surface area contributed by atoms with Crippen molar-refractivity contribution in [1.82, 2.24) is 0 Å². The van der Waals surface area contributed by atoms with Gasteiger partial charge in [-0.25, -0.2) is 0 Å². The van der Waals surface area contributed by atoms with Crippen LogP contribution in [0.25, 0.3) is 0 Å². The van der Waals surface area contributed by atoms with Crippen molar-refractivity contribution in [2.45, 2.75) is 51.7 Å². The molecule has 4 rings (SSSR count). The molecule has 2 aliphatic heterocycles. The van der Waals surface area contributed by atoms with E-state index in [0.29, 0.717) is 5.69 Å². The van der Waals surface area contributed by atoms with Crippen molar-refractivity contribution in [3.8, 4) is 11.5 Å². The Labute approximate surface area is 191 Å². The molecule has 1 amide bonds. The van der Waals surface area contributed by atoms with E-state index in [2.05, 4.69) is 39.1 Å². The maximum atomic E-state index is 12.1. The number of benzene rings is 2. The molecule has 0 bridgehead atoms. The number of carbonyl (C=O) groups is 1. The first-order chi connectivity index (χ1) is 15.0. The zero-order chi connectivity index (χ0) is 23.3. The molecule has 0 fully saturated rings. The fraction of sp³-hybridized carbons (Fsp3) is 0.440. The van der Waals surface area contributed by atoms with Crippen molar-refractivity contribution in [3.63, 3.8) is 0 Å². The molecule has 0 aromatic heterocycles. The van der Waals surface area contributed by atoms with Crippen molar-refractivity contribution < 1.29 is 18.5 Å². The number of hydrogen-bond acceptors (Lipinski definition) is 5. The Morgan fingerprint density at radius 1 is 1.22 bits per heavy atom. The van der Waals surface area contributed by atoms with Gasteiger partial charge in [-0.2, -0.15) is 0 Å². The fourth-order valence-corrected chi connectivity index (χ4v) is 5.00. The molecule has 0 saturated heterocycles. The molecule has 2 aromatic rings. The summed E-state index contributed by atoms with van der Waals surface area (Å²) in [6.45, 7) is 8.41. The van der Waals surface area contributed by atoms with Crippen LogP contribution >= 0.6 is 0 Å². The molecule has 7 heteroatoms. The lowest BCUT2D eigenvalue weighted by Crippen LogP contribution is -2.30. The van der Waals surface area contributed by atoms with Crippen LogP contribution in [0.5, 0.6) is 11.5 Å². The second-order valence-corrected chi connectivity index (χ2v) is 11.2. The molecule has 1 N–H and O–H groups in total. The number of fused-ring (bicyclic) bond motifs is 3. The number of ether oxygens (including phenoxy) is 2. The molecular formula is C25H30N2O4S. The summed E-state index contributed by atoms with van der Waals surface area (Å²) in [6, 6.07) is 9.75. The highest BCUT2D eigenvalue weighted by molar-refractivity contribution is 7.85. The predicted molar refractivity (Wildman–Crippen MR) is 129 cm³/mol. The summed E-state index contributed by atoms with van der Waals surface area (Å²) in [6.07, 6.45) is 3.08. The van der Waals surface area contributed by atoms with Crippen LogP contribution in [0.3, 0.4) is 0 Å². The van der Waals surface area contributed by atoms with Crippen LogP contribution in [0.2, 0.25) is 0 Å². The molecule has 0 aliphatic carbocycles. The molecule has 6 nitrogen and oxygen atoms in total. The van der Waals surface area contributed by atoms with Crippen LogP contribution in [0, 0.1) is 0 Å². The minimum absolute atomic E-state index is 0.0270. The van der Waals surface area contributed by atoms with Crippen molar-refractivity contribution in [2.24, 2.45) is 4.99 Å². The smallest absolute Gasteiger partial charge is 0.236 e. The predicted octanol–water partition coefficient (Wildman–Crippen LogP) is 3.90. The third-order valence-corrected chi connectivity index (χ3v) is 6.32. The number of anilines is 1. The molecule has 1 unspecified atom stereocenters. The largest absolute Gasteiger partial charge is 0.493 e. The average molecular weight is 455 g/mol. The molecule has 0 saturated carbocycles. The van der Waals surface area contributed by atoms with E-state index < -0.39 is 10.8 Å². The lowest BCUT2D eigenvalue weighted by molar-refractivity contribution is -0.113. The SMILES string of the molecule is COc1cc2c(c3c1OC(C)(C)C3)C(c1cccc(NC(=O)CS(C)=O)c1)=NC(C)(C)C2. The average Bonchev–Trinajstić information content (AvgIpc) is 3.00. The highest BCUT2D eigenvalue weighted by Gasteiger charge is 2.39. The number of rotatable bonds is 5. The van der Waals surface area contributed by atoms with Crippen LogP contribution in [0.15, 0.2) is 35.3 Å². The number of amides is 1. The van der Waals surface area contributed by atoms with Crippen LogP contribution in [-0.2, 0) is 28.4 Å². The van der Waals surface area contributed by atoms with Gasteiger partial charge in [-0.05, 0) is 57.9 Å². The number of nitrogens with one attached hydrogen (secondary N) is 1. The Kier molecular flexibility index (Phi) is 5.65. The van der Waals surface area contributed by atoms with Gasteiger partial charge in [0.1, 0.15) is 11.4 Å². The van der Waals surface area contributed by atoms with E-state index in [-0.39, 0.29) is 22.8 Å². The van der Waals surface area contributed by atoms with E-state index in [1.165, 1.54) is 11.8 Å². The van der Waals surface area contributed by atoms with Gasteiger partial charge in [-0.1, -0.05) is 12.1 Å². The minimum Gasteiger partial charge on any atom is -0.493 e. The summed E-state index contributed by atoms with van der Waals surface area (Å²) in [5, 5.41) is 2.85. The molecular weight excluding hydrogens is 424 g/mol. The third-order valence-electron chi connectivity index (χ3n) is 5.66. The topological polar surface area (TPSA) is 77.0 Å². The van der Waals surface area contributed by atoms with Gasteiger partial charge < -0.3 is 14.8 Å². The monoisotopic (exact) mass is 454 g/mol. The normalized spacial score (nSPS) is 18.6. The van der Waals surface area contributed by atoms with E-state index >= 15 is 0 Å². The Morgan fingerprint density at radius 2 is 1.97 bits per heavy atom. The zero-order valence-corrected chi connectivity index (χ0v) is 20.3. The molecule has 1 atom stereocenters. The van der Waals surface area contributed by atoms with E-state index in [1.54, 1.807) is 7.11 Å². The second kappa shape index (κ2) is 8.03. The maximum Gasteiger partial charge on any atom is 0.236 e. The summed E-state index contributed by atoms with van der Waals surface area (Å²) in [5.74, 6) is 1.25. The Morgan fingerprint density at radius 3 is 2.66 bits per heavy atom. The van der Waals surface area contributed by atoms with Crippen molar-refractivity contribution in [2.75, 3.05) is 24.4 Å². The number of methoxy groups -OCH3 is 1. The van der Waals surface area contributed by atoms with Crippen LogP contribution in [0.4, 0.5) is 5.69 Å². The first-order valence-corrected chi connectivity index (χ1v) is 12.4. The lowest BCUT2D eigenvalue weighted by atomic mass is 9.81. The number of aliphatic imine (C=N–C) groups is 1. The maximum absolute atomic E-state index is 12.1. The number of nitrogens with zero attached hydrogens (tertiary/aromatic N) is 1. The van der Waals surface area contributed by atoms with Gasteiger partial charge in [0.05, 0.1) is 18.4 Å². The Bertz CT molecular complexity index is 1150. The molecule has 32 heavy (non-hydrogen) atoms. The van der Waals surface area contributed by atoms with Gasteiger partial charge in [0.25, 0.3) is 0 Å². The molecule has 2 aromatic carbocycles. The van der Waals surface area contributed by atoms with Crippen molar-refractivity contribution >= 4 is 28.1 Å². The van der Waals surface area contributed by atoms with E-state index in [1.807, 2.05) is 24.3 Å². The van der Waals surface area contributed by atoms with Crippen LogP contribution < -0.4 is 14.8 Å². The summed E-state index contributed by atoms with van der Waals surface area (Å²) in [7, 11) is 0.484. The van der Waals surface area contributed by atoms with Crippen LogP contribution in [0.1, 0.15) is 49.9 Å². The van der Waals surface area contributed by atoms with Crippen LogP contribution in [-0.4, -0.2) is 46.1 Å². The standard InChI is InChI=1S/C25H30N2O4S/c1-24(2)12-16-11-19(30-5)23-18(13-25(3,4)31-23)21(16)22(27-24)15-8-7-9-17(10-15)26-20(28)14-32(6)29/h7-11H,12-14H2,1-6H3,(H,26,28). The fourth-order valence-electron chi connectivity index (χ4n) is 4.56. The summed E-state index contributed by atoms with van der Waals surface area (Å²) >= 11 is 0. The Hall–Kier alpha value is -2.67. The van der Waals surface area contributed by atoms with Gasteiger partial charge in [0, 0.05) is 45.9 Å². The Balaban J connectivity index is 1.83. The number of carbonyl (C=O) groups excluding carboxylic acids is 1. The number of hydrogen-bond donors (Lipinski definition) is 1. The lowest BCUT2D eigenvalue weighted by Gasteiger charge is -2.31. The molecule has 170 valence electrons. The van der Waals surface area contributed by atoms with Gasteiger partial charge in [-0.15, -0.1) is 0 Å². The van der Waals surface area contributed by atoms with Crippen molar-refractivity contribution in [3.05, 3.63) is 52.6 Å². The first-order valence-electron chi connectivity index (χ1n) is 10.7. The summed E-state index contributed by atoms with van der Waals surface area (Å²) in [4.78, 5) is 17.3. The van der Waals surface area contributed by atoms with Gasteiger partial charge in [0.15, 0.2) is 11.5 Å². The van der Waals surface area contributed by atoms with E-state index in [0.717, 1.165) is 46.7 Å². The summed E-state index contributed by atoms with van der Waals surface area (Å²) in [5.41, 5.74) is 5.28. The quantitative estimate of drug-likeness (QED) is 0.743. The van der Waals surface area contributed by atoms with Gasteiger partial charge in [-0.3, -0.25) is 14.0 Å². The highest BCUT2D eigenvalue weighted by atomic mass is 32.2. The van der Waals surface area contributed by atoms with Crippen molar-refractivity contribution in [1.29, 1.82) is 0 Å². The molecule has 0 radical (unpaired) electrons. The first kappa shape index (κ1) is 22.5. The molecule has 2 aliphatic rings. The minimum atomic E-state index is -1.19. The van der Waals surface area contributed by atoms with E-state index in [4.69, 9.17) is 14.5 Å². The third kappa shape index (κ3) is 4.44.